The third-order valence-electron chi connectivity index (χ3n) is 9.15. The van der Waals surface area contributed by atoms with Gasteiger partial charge in [0.15, 0.2) is 5.82 Å². The number of rotatable bonds is 7. The molecule has 3 fully saturated rings. The number of nitrogens with zero attached hydrogens (tertiary/aromatic N) is 5. The molecule has 6 rings (SSSR count). The fourth-order valence-corrected chi connectivity index (χ4v) is 16.2. The average molecular weight is 870 g/mol. The number of alkyl carbamates (subject to hydrolysis) is 1. The zero-order valence-electron chi connectivity index (χ0n) is 27.9. The number of carbonyl (C=O) groups is 3. The van der Waals surface area contributed by atoms with Crippen LogP contribution >= 0.6 is 0 Å². The number of anilines is 1. The molecule has 0 saturated carbocycles. The standard InChI is InChI=1S/C33H43N7O6S.Tl/c1-33(2,3)46-32(43)34-15-7-16-37(4)47(44,45)26-9-6-8-23(20-26)22-39-17-12-24(13-18-39)25-10-11-27-28(21-25)38(5)36-30(27)40-19-14-29(41)35-31(40)42;/h6,8-11,15,20-21,24H,4,7,12-14,16-19,22H2,1-3,5H3,(H,34,43)(H,35,41,42);. The number of hydrogen-bond donors (Lipinski definition) is 2. The van der Waals surface area contributed by atoms with Gasteiger partial charge in [-0.2, -0.15) is 5.10 Å². The molecule has 4 amide bonds. The predicted molar refractivity (Wildman–Crippen MR) is 182 cm³/mol. The molecule has 4 heterocycles. The van der Waals surface area contributed by atoms with Gasteiger partial charge in [0.25, 0.3) is 0 Å². The molecule has 15 heteroatoms. The van der Waals surface area contributed by atoms with Crippen molar-refractivity contribution in [3.63, 3.8) is 0 Å². The van der Waals surface area contributed by atoms with Crippen LogP contribution in [0.15, 0.2) is 47.4 Å². The zero-order valence-corrected chi connectivity index (χ0v) is 33.2. The first-order valence-electron chi connectivity index (χ1n) is 16.5. The number of piperidine rings is 1. The van der Waals surface area contributed by atoms with Gasteiger partial charge in [0, 0.05) is 25.4 Å². The van der Waals surface area contributed by atoms with Gasteiger partial charge < -0.3 is 0 Å². The third kappa shape index (κ3) is 7.86. The Morgan fingerprint density at radius 2 is 1.83 bits per heavy atom. The van der Waals surface area contributed by atoms with Crippen molar-refractivity contribution in [3.8, 4) is 0 Å². The number of amides is 4. The molecule has 0 bridgehead atoms. The van der Waals surface area contributed by atoms with Crippen LogP contribution in [0.3, 0.4) is 0 Å². The summed E-state index contributed by atoms with van der Waals surface area (Å²) in [5.74, 6) is 0.671. The van der Waals surface area contributed by atoms with Gasteiger partial charge in [0.2, 0.25) is 5.91 Å². The van der Waals surface area contributed by atoms with Crippen LogP contribution in [-0.2, 0) is 33.1 Å². The van der Waals surface area contributed by atoms with Gasteiger partial charge in [0.1, 0.15) is 0 Å². The molecule has 13 nitrogen and oxygen atoms in total. The first-order valence-corrected chi connectivity index (χ1v) is 23.7. The number of sulfonamides is 1. The van der Waals surface area contributed by atoms with Crippen molar-refractivity contribution < 1.29 is 27.5 Å². The van der Waals surface area contributed by atoms with Crippen LogP contribution in [0.25, 0.3) is 10.9 Å². The maximum absolute atomic E-state index is 13.6. The third-order valence-corrected chi connectivity index (χ3v) is 18.7. The Morgan fingerprint density at radius 3 is 2.52 bits per heavy atom. The Kier molecular flexibility index (Phi) is 10.2. The Balaban J connectivity index is 1.04. The summed E-state index contributed by atoms with van der Waals surface area (Å²) in [6.07, 6.45) is 2.39. The number of urea groups is 1. The fraction of sp³-hybridized carbons (Fsp3) is 0.515. The quantitative estimate of drug-likeness (QED) is 0.345. The Morgan fingerprint density at radius 1 is 1.06 bits per heavy atom. The monoisotopic (exact) mass is 870 g/mol. The number of imide groups is 1. The molecule has 2 N–H and O–H groups in total. The smallest absolute Gasteiger partial charge is 0.0326 e. The van der Waals surface area contributed by atoms with Crippen LogP contribution in [0.1, 0.15) is 63.5 Å². The maximum Gasteiger partial charge on any atom is 0.0704 e. The van der Waals surface area contributed by atoms with Crippen LogP contribution < -0.4 is 15.5 Å². The molecule has 0 spiro atoms. The number of fused-ring (bicyclic) bond motifs is 1. The van der Waals surface area contributed by atoms with Gasteiger partial charge in [-0.1, -0.05) is 6.07 Å². The maximum atomic E-state index is 13.6. The summed E-state index contributed by atoms with van der Waals surface area (Å²) >= 11 is -1.60. The molecular weight excluding hydrogens is 827 g/mol. The zero-order chi connectivity index (χ0) is 34.2. The van der Waals surface area contributed by atoms with Crippen molar-refractivity contribution >= 4 is 69.0 Å². The van der Waals surface area contributed by atoms with E-state index in [0.29, 0.717) is 46.8 Å². The van der Waals surface area contributed by atoms with Crippen molar-refractivity contribution in [1.82, 2.24) is 29.6 Å². The van der Waals surface area contributed by atoms with E-state index in [1.807, 2.05) is 52.1 Å². The van der Waals surface area contributed by atoms with Crippen molar-refractivity contribution in [2.75, 3.05) is 35.2 Å². The van der Waals surface area contributed by atoms with E-state index >= 15 is 0 Å². The molecule has 0 unspecified atom stereocenters. The molecule has 255 valence electrons. The predicted octanol–water partition coefficient (Wildman–Crippen LogP) is 3.31. The van der Waals surface area contributed by atoms with Crippen molar-refractivity contribution in [2.24, 2.45) is 7.05 Å². The van der Waals surface area contributed by atoms with Crippen LogP contribution in [0.4, 0.5) is 15.4 Å². The summed E-state index contributed by atoms with van der Waals surface area (Å²) in [7, 11) is -1.74. The topological polar surface area (TPSA) is 146 Å². The number of hydrogen-bond acceptors (Lipinski definition) is 8. The Bertz CT molecular complexity index is 1810. The van der Waals surface area contributed by atoms with Gasteiger partial charge in [0.05, 0.1) is 5.52 Å². The van der Waals surface area contributed by atoms with Gasteiger partial charge in [-0.25, -0.2) is 4.79 Å². The fourth-order valence-electron chi connectivity index (χ4n) is 6.66. The number of ether oxygens (including phenoxy) is 1. The molecule has 3 aliphatic rings. The summed E-state index contributed by atoms with van der Waals surface area (Å²) in [6, 6.07) is 13.2. The van der Waals surface area contributed by atoms with E-state index in [1.165, 1.54) is 10.5 Å². The van der Waals surface area contributed by atoms with Gasteiger partial charge in [-0.05, 0) is 12.1 Å². The van der Waals surface area contributed by atoms with E-state index in [0.717, 1.165) is 42.4 Å². The molecule has 3 saturated heterocycles. The van der Waals surface area contributed by atoms with E-state index in [4.69, 9.17) is 4.74 Å². The van der Waals surface area contributed by atoms with E-state index in [1.54, 1.807) is 15.1 Å². The molecule has 3 aromatic rings. The van der Waals surface area contributed by atoms with Gasteiger partial charge >= 0.3 is 205 Å². The summed E-state index contributed by atoms with van der Waals surface area (Å²) < 4.78 is 36.6. The van der Waals surface area contributed by atoms with Crippen LogP contribution in [0.2, 0.25) is 0 Å². The van der Waals surface area contributed by atoms with Crippen LogP contribution in [0, 0.1) is 0 Å². The van der Waals surface area contributed by atoms with Crippen molar-refractivity contribution in [3.05, 3.63) is 53.6 Å². The second-order valence-electron chi connectivity index (χ2n) is 13.8. The largest absolute Gasteiger partial charge is 0.0704 e. The number of nitrogens with one attached hydrogen (secondary N) is 2. The summed E-state index contributed by atoms with van der Waals surface area (Å²) in [5.41, 5.74) is 2.59. The number of aromatic nitrogens is 2. The van der Waals surface area contributed by atoms with E-state index < -0.39 is 52.0 Å². The van der Waals surface area contributed by atoms with Gasteiger partial charge in [-0.3, -0.25) is 19.7 Å². The SMILES string of the molecule is Cn1nc(N2CCC(=O)NC2=O)c2ccc(C3CCN(Cc4cccc(S(=O)(=O)N5CC[C@H](NC(=O)OC(C)(C)C)[Tl][CH2]5)c4)CC3)cc21. The summed E-state index contributed by atoms with van der Waals surface area (Å²) in [6.45, 7) is 8.65. The van der Waals surface area contributed by atoms with Crippen LogP contribution in [0.5, 0.6) is 0 Å². The second-order valence-corrected chi connectivity index (χ2v) is 22.1. The number of aryl methyl sites for hydroxylation is 1. The second kappa shape index (κ2) is 14.0. The molecule has 0 radical (unpaired) electrons. The molecule has 48 heavy (non-hydrogen) atoms. The van der Waals surface area contributed by atoms with Crippen LogP contribution in [-0.4, -0.2) is 109 Å². The average Bonchev–Trinajstić information content (AvgIpc) is 3.36. The molecule has 1 aromatic heterocycles. The number of likely N-dealkylation sites (tertiary alicyclic amines) is 1. The molecule has 0 aliphatic carbocycles. The minimum absolute atomic E-state index is 0.0833. The minimum Gasteiger partial charge on any atom is -0.0326 e. The van der Waals surface area contributed by atoms with E-state index in [-0.39, 0.29) is 15.9 Å². The van der Waals surface area contributed by atoms with Gasteiger partial charge in [-0.15, -0.1) is 0 Å². The Labute approximate surface area is 293 Å². The first kappa shape index (κ1) is 34.8. The number of benzene rings is 2. The molecular formula is C33H43N7O6STl. The number of carbonyl (C=O) groups excluding carboxylic acids is 3. The van der Waals surface area contributed by atoms with E-state index in [2.05, 4.69) is 32.8 Å². The Hall–Kier alpha value is -3.09. The van der Waals surface area contributed by atoms with Crippen molar-refractivity contribution in [1.29, 1.82) is 0 Å². The summed E-state index contributed by atoms with van der Waals surface area (Å²) in [5, 5.41) is 10.8. The molecule has 3 aliphatic heterocycles. The van der Waals surface area contributed by atoms with E-state index in [9.17, 15) is 22.8 Å². The normalized spacial score (nSPS) is 20.2. The molecule has 1 atom stereocenters. The summed E-state index contributed by atoms with van der Waals surface area (Å²) in [4.78, 5) is 40.5. The van der Waals surface area contributed by atoms with Crippen molar-refractivity contribution in [2.45, 2.75) is 73.0 Å². The minimum atomic E-state index is -3.61. The first-order chi connectivity index (χ1) is 22.8. The molecule has 2 aromatic carbocycles.